The summed E-state index contributed by atoms with van der Waals surface area (Å²) in [7, 11) is 0. The van der Waals surface area contributed by atoms with Crippen molar-refractivity contribution in [2.75, 3.05) is 0 Å². The maximum absolute atomic E-state index is 11.3. The van der Waals surface area contributed by atoms with Gasteiger partial charge >= 0.3 is 5.69 Å². The molecule has 0 unspecified atom stereocenters. The topological polar surface area (TPSA) is 56.0 Å². The van der Waals surface area contributed by atoms with Gasteiger partial charge in [0.1, 0.15) is 10.7 Å². The van der Waals surface area contributed by atoms with E-state index in [1.54, 1.807) is 6.07 Å². The van der Waals surface area contributed by atoms with Crippen LogP contribution in [-0.4, -0.2) is 9.91 Å². The van der Waals surface area contributed by atoms with Crippen LogP contribution < -0.4 is 0 Å². The molecule has 0 radical (unpaired) electrons. The predicted octanol–water partition coefficient (Wildman–Crippen LogP) is 4.56. The molecule has 0 aliphatic carbocycles. The molecule has 2 rings (SSSR count). The van der Waals surface area contributed by atoms with E-state index in [1.165, 1.54) is 0 Å². The Kier molecular flexibility index (Phi) is 4.23. The molecule has 1 aromatic heterocycles. The number of rotatable bonds is 4. The summed E-state index contributed by atoms with van der Waals surface area (Å²) in [6, 6.07) is 5.63. The van der Waals surface area contributed by atoms with Gasteiger partial charge in [-0.1, -0.05) is 50.6 Å². The van der Waals surface area contributed by atoms with E-state index in [4.69, 9.17) is 11.6 Å². The molecule has 0 saturated carbocycles. The van der Waals surface area contributed by atoms with Crippen molar-refractivity contribution in [2.24, 2.45) is 5.92 Å². The fourth-order valence-electron chi connectivity index (χ4n) is 2.34. The third-order valence-electron chi connectivity index (χ3n) is 3.25. The summed E-state index contributed by atoms with van der Waals surface area (Å²) in [6.07, 6.45) is 1.36. The van der Waals surface area contributed by atoms with Crippen LogP contribution in [0.1, 0.15) is 32.0 Å². The number of benzene rings is 1. The van der Waals surface area contributed by atoms with E-state index < -0.39 is 4.92 Å². The average Bonchev–Trinajstić information content (AvgIpc) is 2.37. The third-order valence-corrected chi connectivity index (χ3v) is 3.63. The van der Waals surface area contributed by atoms with Crippen LogP contribution in [0.3, 0.4) is 0 Å². The van der Waals surface area contributed by atoms with E-state index in [9.17, 15) is 10.1 Å². The molecule has 0 saturated heterocycles. The molecule has 1 heterocycles. The van der Waals surface area contributed by atoms with Crippen LogP contribution >= 0.6 is 11.6 Å². The lowest BCUT2D eigenvalue weighted by Crippen LogP contribution is -2.05. The summed E-state index contributed by atoms with van der Waals surface area (Å²) >= 11 is 6.27. The summed E-state index contributed by atoms with van der Waals surface area (Å²) < 4.78 is 0. The van der Waals surface area contributed by atoms with Crippen LogP contribution in [0.15, 0.2) is 18.2 Å². The SMILES string of the molecule is CCc1cccc2c(Cl)c([N+](=O)[O-])c(CC(C)C)nc12. The number of fused-ring (bicyclic) bond motifs is 1. The van der Waals surface area contributed by atoms with Gasteiger partial charge < -0.3 is 0 Å². The van der Waals surface area contributed by atoms with Gasteiger partial charge in [0.25, 0.3) is 0 Å². The first-order chi connectivity index (χ1) is 9.45. The molecular formula is C15H17ClN2O2. The molecule has 0 bridgehead atoms. The maximum Gasteiger partial charge on any atom is 0.309 e. The molecule has 106 valence electrons. The number of para-hydroxylation sites is 1. The Morgan fingerprint density at radius 2 is 2.10 bits per heavy atom. The summed E-state index contributed by atoms with van der Waals surface area (Å²) in [5, 5.41) is 12.2. The van der Waals surface area contributed by atoms with E-state index in [2.05, 4.69) is 4.98 Å². The summed E-state index contributed by atoms with van der Waals surface area (Å²) in [5.41, 5.74) is 2.26. The van der Waals surface area contributed by atoms with Crippen LogP contribution in [0.25, 0.3) is 10.9 Å². The number of hydrogen-bond donors (Lipinski definition) is 0. The van der Waals surface area contributed by atoms with Crippen LogP contribution in [0, 0.1) is 16.0 Å². The van der Waals surface area contributed by atoms with Crippen molar-refractivity contribution in [1.29, 1.82) is 0 Å². The highest BCUT2D eigenvalue weighted by molar-refractivity contribution is 6.37. The quantitative estimate of drug-likeness (QED) is 0.613. The highest BCUT2D eigenvalue weighted by atomic mass is 35.5. The van der Waals surface area contributed by atoms with Crippen LogP contribution in [0.5, 0.6) is 0 Å². The van der Waals surface area contributed by atoms with Crippen LogP contribution in [-0.2, 0) is 12.8 Å². The minimum Gasteiger partial charge on any atom is -0.258 e. The van der Waals surface area contributed by atoms with Crippen molar-refractivity contribution in [3.05, 3.63) is 44.6 Å². The van der Waals surface area contributed by atoms with Crippen molar-refractivity contribution in [2.45, 2.75) is 33.6 Å². The number of nitrogens with zero attached hydrogens (tertiary/aromatic N) is 2. The average molecular weight is 293 g/mol. The predicted molar refractivity (Wildman–Crippen MR) is 81.3 cm³/mol. The third kappa shape index (κ3) is 2.61. The van der Waals surface area contributed by atoms with Crippen LogP contribution in [0.4, 0.5) is 5.69 Å². The lowest BCUT2D eigenvalue weighted by molar-refractivity contribution is -0.385. The molecular weight excluding hydrogens is 276 g/mol. The standard InChI is InChI=1S/C15H17ClN2O2/c1-4-10-6-5-7-11-13(16)15(18(19)20)12(8-9(2)3)17-14(10)11/h5-7,9H,4,8H2,1-3H3. The summed E-state index contributed by atoms with van der Waals surface area (Å²) in [6.45, 7) is 6.05. The molecule has 0 atom stereocenters. The monoisotopic (exact) mass is 292 g/mol. The molecule has 1 aromatic carbocycles. The molecule has 0 aliphatic heterocycles. The second-order valence-electron chi connectivity index (χ2n) is 5.24. The van der Waals surface area contributed by atoms with Crippen molar-refractivity contribution >= 4 is 28.2 Å². The first kappa shape index (κ1) is 14.7. The molecule has 0 N–H and O–H groups in total. The summed E-state index contributed by atoms with van der Waals surface area (Å²) in [4.78, 5) is 15.4. The Hall–Kier alpha value is -1.68. The zero-order chi connectivity index (χ0) is 14.9. The van der Waals surface area contributed by atoms with Crippen molar-refractivity contribution in [1.82, 2.24) is 4.98 Å². The molecule has 0 spiro atoms. The molecule has 20 heavy (non-hydrogen) atoms. The van der Waals surface area contributed by atoms with Gasteiger partial charge in [0.05, 0.1) is 10.4 Å². The Balaban J connectivity index is 2.82. The van der Waals surface area contributed by atoms with Gasteiger partial charge in [-0.25, -0.2) is 4.98 Å². The Labute approximate surface area is 122 Å². The number of aryl methyl sites for hydroxylation is 1. The van der Waals surface area contributed by atoms with Gasteiger partial charge in [-0.3, -0.25) is 10.1 Å². The van der Waals surface area contributed by atoms with E-state index in [0.717, 1.165) is 17.5 Å². The van der Waals surface area contributed by atoms with Gasteiger partial charge in [0.2, 0.25) is 0 Å². The number of aromatic nitrogens is 1. The highest BCUT2D eigenvalue weighted by Crippen LogP contribution is 2.36. The summed E-state index contributed by atoms with van der Waals surface area (Å²) in [5.74, 6) is 0.281. The minimum atomic E-state index is -0.425. The molecule has 5 heteroatoms. The van der Waals surface area contributed by atoms with E-state index >= 15 is 0 Å². The largest absolute Gasteiger partial charge is 0.309 e. The zero-order valence-corrected chi connectivity index (χ0v) is 12.6. The lowest BCUT2D eigenvalue weighted by Gasteiger charge is -2.11. The first-order valence-corrected chi connectivity index (χ1v) is 7.07. The lowest BCUT2D eigenvalue weighted by atomic mass is 10.0. The van der Waals surface area contributed by atoms with Gasteiger partial charge in [-0.15, -0.1) is 0 Å². The van der Waals surface area contributed by atoms with E-state index in [-0.39, 0.29) is 16.6 Å². The molecule has 0 aliphatic rings. The smallest absolute Gasteiger partial charge is 0.258 e. The number of hydrogen-bond acceptors (Lipinski definition) is 3. The number of halogens is 1. The Morgan fingerprint density at radius 3 is 2.65 bits per heavy atom. The Bertz CT molecular complexity index is 668. The van der Waals surface area contributed by atoms with E-state index in [0.29, 0.717) is 17.5 Å². The fraction of sp³-hybridized carbons (Fsp3) is 0.400. The van der Waals surface area contributed by atoms with Crippen molar-refractivity contribution < 1.29 is 4.92 Å². The number of pyridine rings is 1. The second kappa shape index (κ2) is 5.75. The van der Waals surface area contributed by atoms with Gasteiger partial charge in [0, 0.05) is 5.39 Å². The maximum atomic E-state index is 11.3. The zero-order valence-electron chi connectivity index (χ0n) is 11.8. The molecule has 0 fully saturated rings. The molecule has 0 amide bonds. The van der Waals surface area contributed by atoms with Crippen LogP contribution in [0.2, 0.25) is 5.02 Å². The first-order valence-electron chi connectivity index (χ1n) is 6.70. The fourth-order valence-corrected chi connectivity index (χ4v) is 2.67. The second-order valence-corrected chi connectivity index (χ2v) is 5.62. The van der Waals surface area contributed by atoms with Gasteiger partial charge in [0.15, 0.2) is 0 Å². The normalized spacial score (nSPS) is 11.2. The molecule has 2 aromatic rings. The van der Waals surface area contributed by atoms with Crippen molar-refractivity contribution in [3.63, 3.8) is 0 Å². The van der Waals surface area contributed by atoms with Gasteiger partial charge in [-0.05, 0) is 24.3 Å². The van der Waals surface area contributed by atoms with Crippen molar-refractivity contribution in [3.8, 4) is 0 Å². The highest BCUT2D eigenvalue weighted by Gasteiger charge is 2.24. The molecule has 4 nitrogen and oxygen atoms in total. The Morgan fingerprint density at radius 1 is 1.40 bits per heavy atom. The van der Waals surface area contributed by atoms with Gasteiger partial charge in [-0.2, -0.15) is 0 Å². The van der Waals surface area contributed by atoms with E-state index in [1.807, 2.05) is 32.9 Å². The minimum absolute atomic E-state index is 0.0545. The number of nitro groups is 1.